The van der Waals surface area contributed by atoms with Gasteiger partial charge in [-0.05, 0) is 30.7 Å². The molecule has 0 aliphatic heterocycles. The molecule has 0 spiro atoms. The number of carbonyl (C=O) groups is 2. The van der Waals surface area contributed by atoms with Crippen LogP contribution in [-0.4, -0.2) is 50.4 Å². The standard InChI is InChI=1S/C19H22N2O5S/c1-3-13-21(14-18(22)23)19(24)16-11-7-8-12-17(16)27(25,26)20(2)15-9-5-4-6-10-15/h4-12H,3,13-14H2,1-2H3,(H,22,23). The Bertz CT molecular complexity index is 913. The van der Waals surface area contributed by atoms with Gasteiger partial charge in [0.05, 0.1) is 11.3 Å². The zero-order chi connectivity index (χ0) is 20.0. The van der Waals surface area contributed by atoms with Gasteiger partial charge in [0.25, 0.3) is 15.9 Å². The van der Waals surface area contributed by atoms with Crippen LogP contribution < -0.4 is 4.31 Å². The third-order valence-corrected chi connectivity index (χ3v) is 5.83. The number of hydrogen-bond donors (Lipinski definition) is 1. The van der Waals surface area contributed by atoms with Crippen molar-refractivity contribution in [1.82, 2.24) is 4.90 Å². The van der Waals surface area contributed by atoms with E-state index >= 15 is 0 Å². The molecule has 27 heavy (non-hydrogen) atoms. The van der Waals surface area contributed by atoms with Crippen LogP contribution in [0.1, 0.15) is 23.7 Å². The fourth-order valence-corrected chi connectivity index (χ4v) is 4.03. The number of aliphatic carboxylic acids is 1. The molecule has 0 radical (unpaired) electrons. The van der Waals surface area contributed by atoms with Crippen LogP contribution in [-0.2, 0) is 14.8 Å². The predicted octanol–water partition coefficient (Wildman–Crippen LogP) is 2.45. The number of para-hydroxylation sites is 1. The maximum absolute atomic E-state index is 13.1. The number of sulfonamides is 1. The molecule has 2 aromatic rings. The third-order valence-electron chi connectivity index (χ3n) is 3.98. The van der Waals surface area contributed by atoms with E-state index in [0.29, 0.717) is 12.1 Å². The van der Waals surface area contributed by atoms with Gasteiger partial charge in [-0.15, -0.1) is 0 Å². The first-order valence-electron chi connectivity index (χ1n) is 8.43. The van der Waals surface area contributed by atoms with Crippen LogP contribution in [0.15, 0.2) is 59.5 Å². The summed E-state index contributed by atoms with van der Waals surface area (Å²) < 4.78 is 27.3. The zero-order valence-electron chi connectivity index (χ0n) is 15.2. The van der Waals surface area contributed by atoms with Crippen molar-refractivity contribution in [2.75, 3.05) is 24.4 Å². The first kappa shape index (κ1) is 20.4. The average molecular weight is 390 g/mol. The van der Waals surface area contributed by atoms with Crippen LogP contribution >= 0.6 is 0 Å². The highest BCUT2D eigenvalue weighted by molar-refractivity contribution is 7.92. The molecule has 0 unspecified atom stereocenters. The van der Waals surface area contributed by atoms with Gasteiger partial charge in [-0.3, -0.25) is 13.9 Å². The van der Waals surface area contributed by atoms with Crippen molar-refractivity contribution in [2.24, 2.45) is 0 Å². The van der Waals surface area contributed by atoms with E-state index in [9.17, 15) is 18.0 Å². The topological polar surface area (TPSA) is 95.0 Å². The Labute approximate surface area is 158 Å². The summed E-state index contributed by atoms with van der Waals surface area (Å²) in [6, 6.07) is 14.3. The maximum atomic E-state index is 13.1. The number of amides is 1. The van der Waals surface area contributed by atoms with Crippen molar-refractivity contribution in [3.63, 3.8) is 0 Å². The van der Waals surface area contributed by atoms with Crippen molar-refractivity contribution in [3.05, 3.63) is 60.2 Å². The van der Waals surface area contributed by atoms with Gasteiger partial charge in [-0.25, -0.2) is 8.42 Å². The number of carboxylic acid groups (broad SMARTS) is 1. The van der Waals surface area contributed by atoms with Crippen molar-refractivity contribution in [1.29, 1.82) is 0 Å². The predicted molar refractivity (Wildman–Crippen MR) is 102 cm³/mol. The second-order valence-electron chi connectivity index (χ2n) is 5.92. The van der Waals surface area contributed by atoms with Gasteiger partial charge in [0.2, 0.25) is 0 Å². The van der Waals surface area contributed by atoms with E-state index < -0.39 is 28.4 Å². The van der Waals surface area contributed by atoms with Crippen LogP contribution in [0.2, 0.25) is 0 Å². The molecule has 0 aromatic heterocycles. The van der Waals surface area contributed by atoms with Gasteiger partial charge < -0.3 is 10.0 Å². The smallest absolute Gasteiger partial charge is 0.323 e. The molecule has 1 N–H and O–H groups in total. The SMILES string of the molecule is CCCN(CC(=O)O)C(=O)c1ccccc1S(=O)(=O)N(C)c1ccccc1. The van der Waals surface area contributed by atoms with Crippen molar-refractivity contribution in [3.8, 4) is 0 Å². The minimum absolute atomic E-state index is 0.0463. The second-order valence-corrected chi connectivity index (χ2v) is 7.86. The quantitative estimate of drug-likeness (QED) is 0.747. The molecule has 2 aromatic carbocycles. The second kappa shape index (κ2) is 8.68. The number of carboxylic acids is 1. The first-order chi connectivity index (χ1) is 12.8. The summed E-state index contributed by atoms with van der Waals surface area (Å²) in [5.41, 5.74) is 0.408. The number of rotatable bonds is 8. The number of hydrogen-bond acceptors (Lipinski definition) is 4. The summed E-state index contributed by atoms with van der Waals surface area (Å²) in [7, 11) is -2.60. The third kappa shape index (κ3) is 4.65. The lowest BCUT2D eigenvalue weighted by Crippen LogP contribution is -2.37. The van der Waals surface area contributed by atoms with Crippen LogP contribution in [0.3, 0.4) is 0 Å². The molecule has 0 atom stereocenters. The Balaban J connectivity index is 2.47. The number of benzene rings is 2. The maximum Gasteiger partial charge on any atom is 0.323 e. The number of anilines is 1. The average Bonchev–Trinajstić information content (AvgIpc) is 2.66. The molecule has 0 bridgehead atoms. The van der Waals surface area contributed by atoms with Crippen molar-refractivity contribution < 1.29 is 23.1 Å². The van der Waals surface area contributed by atoms with Gasteiger partial charge in [0, 0.05) is 13.6 Å². The lowest BCUT2D eigenvalue weighted by atomic mass is 10.2. The summed E-state index contributed by atoms with van der Waals surface area (Å²) in [6.45, 7) is 1.54. The summed E-state index contributed by atoms with van der Waals surface area (Å²) >= 11 is 0. The molecule has 0 aliphatic carbocycles. The highest BCUT2D eigenvalue weighted by Crippen LogP contribution is 2.25. The summed E-state index contributed by atoms with van der Waals surface area (Å²) in [4.78, 5) is 24.9. The molecule has 0 heterocycles. The first-order valence-corrected chi connectivity index (χ1v) is 9.87. The van der Waals surface area contributed by atoms with E-state index in [-0.39, 0.29) is 17.0 Å². The fourth-order valence-electron chi connectivity index (χ4n) is 2.65. The lowest BCUT2D eigenvalue weighted by molar-refractivity contribution is -0.137. The minimum Gasteiger partial charge on any atom is -0.480 e. The van der Waals surface area contributed by atoms with E-state index in [2.05, 4.69) is 0 Å². The molecule has 2 rings (SSSR count). The fraction of sp³-hybridized carbons (Fsp3) is 0.263. The Morgan fingerprint density at radius 3 is 2.19 bits per heavy atom. The summed E-state index contributed by atoms with van der Waals surface area (Å²) in [5, 5.41) is 9.05. The van der Waals surface area contributed by atoms with Crippen LogP contribution in [0.25, 0.3) is 0 Å². The molecule has 0 aliphatic rings. The van der Waals surface area contributed by atoms with Crippen molar-refractivity contribution in [2.45, 2.75) is 18.2 Å². The number of carbonyl (C=O) groups excluding carboxylic acids is 1. The molecule has 0 fully saturated rings. The van der Waals surface area contributed by atoms with E-state index in [1.54, 1.807) is 36.4 Å². The lowest BCUT2D eigenvalue weighted by Gasteiger charge is -2.24. The molecular weight excluding hydrogens is 368 g/mol. The van der Waals surface area contributed by atoms with E-state index in [0.717, 1.165) is 9.21 Å². The van der Waals surface area contributed by atoms with Crippen LogP contribution in [0.4, 0.5) is 5.69 Å². The minimum atomic E-state index is -4.01. The van der Waals surface area contributed by atoms with Crippen LogP contribution in [0.5, 0.6) is 0 Å². The molecule has 7 nitrogen and oxygen atoms in total. The largest absolute Gasteiger partial charge is 0.480 e. The normalized spacial score (nSPS) is 11.0. The van der Waals surface area contributed by atoms with Gasteiger partial charge in [0.1, 0.15) is 11.4 Å². The van der Waals surface area contributed by atoms with E-state index in [4.69, 9.17) is 5.11 Å². The molecule has 0 saturated carbocycles. The van der Waals surface area contributed by atoms with Crippen LogP contribution in [0, 0.1) is 0 Å². The molecule has 1 amide bonds. The van der Waals surface area contributed by atoms with Gasteiger partial charge >= 0.3 is 5.97 Å². The molecule has 0 saturated heterocycles. The van der Waals surface area contributed by atoms with E-state index in [1.165, 1.54) is 25.2 Å². The number of nitrogens with zero attached hydrogens (tertiary/aromatic N) is 2. The van der Waals surface area contributed by atoms with Gasteiger partial charge in [-0.2, -0.15) is 0 Å². The Hall–Kier alpha value is -2.87. The molecule has 144 valence electrons. The van der Waals surface area contributed by atoms with Gasteiger partial charge in [-0.1, -0.05) is 37.3 Å². The Morgan fingerprint density at radius 2 is 1.59 bits per heavy atom. The summed E-state index contributed by atoms with van der Waals surface area (Å²) in [5.74, 6) is -1.78. The monoisotopic (exact) mass is 390 g/mol. The Kier molecular flexibility index (Phi) is 6.57. The molecular formula is C19H22N2O5S. The Morgan fingerprint density at radius 1 is 1.00 bits per heavy atom. The highest BCUT2D eigenvalue weighted by Gasteiger charge is 2.29. The van der Waals surface area contributed by atoms with Gasteiger partial charge in [0.15, 0.2) is 0 Å². The molecule has 8 heteroatoms. The van der Waals surface area contributed by atoms with E-state index in [1.807, 2.05) is 6.92 Å². The highest BCUT2D eigenvalue weighted by atomic mass is 32.2. The van der Waals surface area contributed by atoms with Crippen molar-refractivity contribution >= 4 is 27.6 Å². The zero-order valence-corrected chi connectivity index (χ0v) is 16.0. The summed E-state index contributed by atoms with van der Waals surface area (Å²) in [6.07, 6.45) is 0.553.